The zero-order valence-corrected chi connectivity index (χ0v) is 17.3. The molecule has 0 saturated heterocycles. The number of fused-ring (bicyclic) bond motifs is 1. The van der Waals surface area contributed by atoms with Gasteiger partial charge in [0, 0.05) is 12.1 Å². The van der Waals surface area contributed by atoms with Gasteiger partial charge in [0.15, 0.2) is 10.8 Å². The number of thiazole rings is 1. The average Bonchev–Trinajstić information content (AvgIpc) is 3.32. The van der Waals surface area contributed by atoms with E-state index in [-0.39, 0.29) is 5.13 Å². The van der Waals surface area contributed by atoms with Crippen molar-refractivity contribution in [3.8, 4) is 11.5 Å². The number of ether oxygens (including phenoxy) is 1. The Morgan fingerprint density at radius 1 is 1.13 bits per heavy atom. The van der Waals surface area contributed by atoms with Gasteiger partial charge >= 0.3 is 6.18 Å². The molecule has 0 radical (unpaired) electrons. The second kappa shape index (κ2) is 8.03. The van der Waals surface area contributed by atoms with E-state index in [0.29, 0.717) is 17.0 Å². The smallest absolute Gasteiger partial charge is 0.433 e. The molecule has 0 aliphatic heterocycles. The van der Waals surface area contributed by atoms with Crippen LogP contribution >= 0.6 is 11.3 Å². The van der Waals surface area contributed by atoms with E-state index < -0.39 is 29.4 Å². The van der Waals surface area contributed by atoms with Crippen LogP contribution in [0.15, 0.2) is 54.7 Å². The number of halogens is 3. The molecule has 2 aromatic heterocycles. The van der Waals surface area contributed by atoms with Crippen LogP contribution in [-0.2, 0) is 6.18 Å². The maximum Gasteiger partial charge on any atom is 0.433 e. The summed E-state index contributed by atoms with van der Waals surface area (Å²) in [6, 6.07) is 13.9. The molecular weight excluding hydrogens is 429 g/mol. The molecule has 0 aliphatic rings. The van der Waals surface area contributed by atoms with Crippen molar-refractivity contribution in [1.29, 1.82) is 0 Å². The number of hydrogen-bond acceptors (Lipinski definition) is 5. The fourth-order valence-electron chi connectivity index (χ4n) is 3.01. The SMILES string of the molecule is CC(C)n1ncc(C(=O)Nc2nc3ccc(Oc4ccccc4)cc3s2)c1C(F)(F)F. The molecule has 0 spiro atoms. The number of amides is 1. The summed E-state index contributed by atoms with van der Waals surface area (Å²) in [5.74, 6) is 0.332. The van der Waals surface area contributed by atoms with Gasteiger partial charge in [0.25, 0.3) is 5.91 Å². The fourth-order valence-corrected chi connectivity index (χ4v) is 3.90. The summed E-state index contributed by atoms with van der Waals surface area (Å²) in [5.41, 5.74) is -1.04. The number of carbonyl (C=O) groups is 1. The number of nitrogens with zero attached hydrogens (tertiary/aromatic N) is 3. The van der Waals surface area contributed by atoms with E-state index in [1.54, 1.807) is 32.0 Å². The largest absolute Gasteiger partial charge is 0.457 e. The molecule has 0 atom stereocenters. The lowest BCUT2D eigenvalue weighted by Crippen LogP contribution is -2.22. The maximum atomic E-state index is 13.5. The minimum absolute atomic E-state index is 0.183. The molecule has 1 amide bonds. The van der Waals surface area contributed by atoms with Crippen LogP contribution in [0, 0.1) is 0 Å². The maximum absolute atomic E-state index is 13.5. The van der Waals surface area contributed by atoms with Gasteiger partial charge in [0.05, 0.1) is 22.0 Å². The summed E-state index contributed by atoms with van der Waals surface area (Å²) in [5, 5.41) is 6.38. The minimum atomic E-state index is -4.72. The van der Waals surface area contributed by atoms with Gasteiger partial charge < -0.3 is 4.74 Å². The second-order valence-electron chi connectivity index (χ2n) is 6.96. The Morgan fingerprint density at radius 2 is 1.87 bits per heavy atom. The highest BCUT2D eigenvalue weighted by Gasteiger charge is 2.40. The van der Waals surface area contributed by atoms with Gasteiger partial charge in [-0.2, -0.15) is 18.3 Å². The van der Waals surface area contributed by atoms with E-state index in [4.69, 9.17) is 4.74 Å². The predicted octanol–water partition coefficient (Wildman–Crippen LogP) is 6.14. The second-order valence-corrected chi connectivity index (χ2v) is 7.99. The van der Waals surface area contributed by atoms with Crippen LogP contribution < -0.4 is 10.1 Å². The number of alkyl halides is 3. The van der Waals surface area contributed by atoms with Crippen molar-refractivity contribution in [2.75, 3.05) is 5.32 Å². The summed E-state index contributed by atoms with van der Waals surface area (Å²) >= 11 is 1.14. The number of nitrogens with one attached hydrogen (secondary N) is 1. The Kier molecular flexibility index (Phi) is 5.40. The zero-order valence-electron chi connectivity index (χ0n) is 16.5. The number of benzene rings is 2. The summed E-state index contributed by atoms with van der Waals surface area (Å²) in [6.07, 6.45) is -3.79. The Labute approximate surface area is 179 Å². The Hall–Kier alpha value is -3.40. The molecular formula is C21H17F3N4O2S. The number of para-hydroxylation sites is 1. The molecule has 1 N–H and O–H groups in total. The molecule has 160 valence electrons. The molecule has 2 heterocycles. The highest BCUT2D eigenvalue weighted by molar-refractivity contribution is 7.22. The molecule has 0 fully saturated rings. The number of rotatable bonds is 5. The Bertz CT molecular complexity index is 1230. The third kappa shape index (κ3) is 4.38. The van der Waals surface area contributed by atoms with Crippen LogP contribution in [0.25, 0.3) is 10.2 Å². The molecule has 10 heteroatoms. The first kappa shape index (κ1) is 20.9. The van der Waals surface area contributed by atoms with Gasteiger partial charge in [-0.1, -0.05) is 29.5 Å². The minimum Gasteiger partial charge on any atom is -0.457 e. The number of carbonyl (C=O) groups excluding carboxylic acids is 1. The van der Waals surface area contributed by atoms with E-state index in [1.807, 2.05) is 30.3 Å². The van der Waals surface area contributed by atoms with Gasteiger partial charge in [0.2, 0.25) is 0 Å². The summed E-state index contributed by atoms with van der Waals surface area (Å²) in [7, 11) is 0. The fraction of sp³-hybridized carbons (Fsp3) is 0.190. The van der Waals surface area contributed by atoms with Crippen LogP contribution in [-0.4, -0.2) is 20.7 Å². The lowest BCUT2D eigenvalue weighted by molar-refractivity contribution is -0.145. The van der Waals surface area contributed by atoms with Crippen molar-refractivity contribution in [2.45, 2.75) is 26.1 Å². The highest BCUT2D eigenvalue weighted by atomic mass is 32.1. The quantitative estimate of drug-likeness (QED) is 0.400. The van der Waals surface area contributed by atoms with Crippen LogP contribution in [0.3, 0.4) is 0 Å². The lowest BCUT2D eigenvalue weighted by Gasteiger charge is -2.14. The van der Waals surface area contributed by atoms with Gasteiger partial charge in [-0.3, -0.25) is 14.8 Å². The van der Waals surface area contributed by atoms with Crippen LogP contribution in [0.4, 0.5) is 18.3 Å². The van der Waals surface area contributed by atoms with Gasteiger partial charge in [-0.05, 0) is 38.1 Å². The first-order valence-electron chi connectivity index (χ1n) is 9.32. The topological polar surface area (TPSA) is 69.0 Å². The molecule has 2 aromatic carbocycles. The molecule has 6 nitrogen and oxygen atoms in total. The van der Waals surface area contributed by atoms with Crippen LogP contribution in [0.2, 0.25) is 0 Å². The standard InChI is InChI=1S/C21H17F3N4O2S/c1-12(2)28-18(21(22,23)24)15(11-25-28)19(29)27-20-26-16-9-8-14(10-17(16)31-20)30-13-6-4-3-5-7-13/h3-12H,1-2H3,(H,26,27,29). The van der Waals surface area contributed by atoms with Crippen molar-refractivity contribution < 1.29 is 22.7 Å². The molecule has 4 aromatic rings. The van der Waals surface area contributed by atoms with Crippen molar-refractivity contribution in [3.05, 3.63) is 66.0 Å². The van der Waals surface area contributed by atoms with Gasteiger partial charge in [-0.25, -0.2) is 4.98 Å². The first-order chi connectivity index (χ1) is 14.7. The highest BCUT2D eigenvalue weighted by Crippen LogP contribution is 2.35. The molecule has 0 bridgehead atoms. The van der Waals surface area contributed by atoms with Crippen LogP contribution in [0.1, 0.15) is 35.9 Å². The molecule has 0 saturated carbocycles. The normalized spacial score (nSPS) is 11.8. The van der Waals surface area contributed by atoms with Crippen molar-refractivity contribution in [2.24, 2.45) is 0 Å². The summed E-state index contributed by atoms with van der Waals surface area (Å²) in [6.45, 7) is 3.12. The van der Waals surface area contributed by atoms with Crippen molar-refractivity contribution in [1.82, 2.24) is 14.8 Å². The Balaban J connectivity index is 1.58. The van der Waals surface area contributed by atoms with Crippen molar-refractivity contribution in [3.63, 3.8) is 0 Å². The molecule has 0 aliphatic carbocycles. The van der Waals surface area contributed by atoms with E-state index in [9.17, 15) is 18.0 Å². The van der Waals surface area contributed by atoms with E-state index in [0.717, 1.165) is 26.9 Å². The zero-order chi connectivity index (χ0) is 22.2. The molecule has 4 rings (SSSR count). The number of aromatic nitrogens is 3. The lowest BCUT2D eigenvalue weighted by atomic mass is 10.2. The number of hydrogen-bond donors (Lipinski definition) is 1. The third-order valence-electron chi connectivity index (χ3n) is 4.36. The molecule has 31 heavy (non-hydrogen) atoms. The van der Waals surface area contributed by atoms with Crippen LogP contribution in [0.5, 0.6) is 11.5 Å². The predicted molar refractivity (Wildman–Crippen MR) is 112 cm³/mol. The van der Waals surface area contributed by atoms with E-state index in [1.165, 1.54) is 0 Å². The monoisotopic (exact) mass is 446 g/mol. The van der Waals surface area contributed by atoms with E-state index >= 15 is 0 Å². The molecule has 0 unspecified atom stereocenters. The number of anilines is 1. The average molecular weight is 446 g/mol. The van der Waals surface area contributed by atoms with Gasteiger partial charge in [0.1, 0.15) is 11.5 Å². The van der Waals surface area contributed by atoms with E-state index in [2.05, 4.69) is 15.4 Å². The summed E-state index contributed by atoms with van der Waals surface area (Å²) < 4.78 is 47.9. The summed E-state index contributed by atoms with van der Waals surface area (Å²) in [4.78, 5) is 16.9. The first-order valence-corrected chi connectivity index (χ1v) is 10.1. The van der Waals surface area contributed by atoms with Crippen molar-refractivity contribution >= 4 is 32.6 Å². The Morgan fingerprint density at radius 3 is 2.55 bits per heavy atom. The van der Waals surface area contributed by atoms with Gasteiger partial charge in [-0.15, -0.1) is 0 Å². The third-order valence-corrected chi connectivity index (χ3v) is 5.29.